The molecule has 32 heavy (non-hydrogen) atoms. The van der Waals surface area contributed by atoms with Crippen LogP contribution in [0.5, 0.6) is 0 Å². The van der Waals surface area contributed by atoms with Crippen LogP contribution in [0.4, 0.5) is 4.39 Å². The monoisotopic (exact) mass is 426 g/mol. The van der Waals surface area contributed by atoms with Crippen LogP contribution in [0.15, 0.2) is 79.1 Å². The van der Waals surface area contributed by atoms with E-state index in [1.165, 1.54) is 34.2 Å². The Bertz CT molecular complexity index is 1230. The molecule has 1 aliphatic rings. The van der Waals surface area contributed by atoms with E-state index in [2.05, 4.69) is 60.4 Å². The Morgan fingerprint density at radius 1 is 1.03 bits per heavy atom. The zero-order valence-corrected chi connectivity index (χ0v) is 18.5. The first-order valence-corrected chi connectivity index (χ1v) is 11.1. The molecule has 0 bridgehead atoms. The summed E-state index contributed by atoms with van der Waals surface area (Å²) in [4.78, 5) is 6.69. The zero-order chi connectivity index (χ0) is 22.1. The number of pyridine rings is 1. The molecule has 3 nitrogen and oxygen atoms in total. The summed E-state index contributed by atoms with van der Waals surface area (Å²) in [6, 6.07) is 22.1. The summed E-state index contributed by atoms with van der Waals surface area (Å²) in [6.45, 7) is 0.618. The second kappa shape index (κ2) is 8.81. The number of rotatable bonds is 6. The topological polar surface area (TPSA) is 25.4 Å². The van der Waals surface area contributed by atoms with E-state index < -0.39 is 0 Å². The molecule has 0 aliphatic carbocycles. The van der Waals surface area contributed by atoms with E-state index in [0.29, 0.717) is 6.61 Å². The Labute approximate surface area is 188 Å². The number of aromatic nitrogens is 1. The van der Waals surface area contributed by atoms with Crippen molar-refractivity contribution in [1.29, 1.82) is 0 Å². The van der Waals surface area contributed by atoms with Gasteiger partial charge in [0.15, 0.2) is 0 Å². The summed E-state index contributed by atoms with van der Waals surface area (Å²) >= 11 is 0. The molecule has 2 atom stereocenters. The van der Waals surface area contributed by atoms with E-state index in [-0.39, 0.29) is 18.0 Å². The van der Waals surface area contributed by atoms with Crippen molar-refractivity contribution < 1.29 is 9.13 Å². The van der Waals surface area contributed by atoms with Gasteiger partial charge in [0.2, 0.25) is 0 Å². The molecule has 1 aliphatic heterocycles. The summed E-state index contributed by atoms with van der Waals surface area (Å²) in [7, 11) is 4.21. The molecule has 3 aromatic carbocycles. The molecule has 1 aromatic heterocycles. The minimum absolute atomic E-state index is 0.0279. The normalized spacial score (nSPS) is 16.4. The fourth-order valence-corrected chi connectivity index (χ4v) is 4.76. The van der Waals surface area contributed by atoms with Gasteiger partial charge in [0.05, 0.1) is 12.7 Å². The SMILES string of the molecule is CN(C)C(CCc1ccc(F)cc1)C1OCc2cc(-c3cncc4ccccc34)ccc21. The van der Waals surface area contributed by atoms with Crippen molar-refractivity contribution in [1.82, 2.24) is 9.88 Å². The van der Waals surface area contributed by atoms with Gasteiger partial charge >= 0.3 is 0 Å². The van der Waals surface area contributed by atoms with Gasteiger partial charge in [-0.05, 0) is 72.8 Å². The molecule has 0 N–H and O–H groups in total. The van der Waals surface area contributed by atoms with Gasteiger partial charge in [-0.2, -0.15) is 0 Å². The van der Waals surface area contributed by atoms with E-state index in [0.717, 1.165) is 29.4 Å². The lowest BCUT2D eigenvalue weighted by Gasteiger charge is -2.30. The summed E-state index contributed by atoms with van der Waals surface area (Å²) in [5.74, 6) is -0.192. The molecule has 4 heteroatoms. The largest absolute Gasteiger partial charge is 0.367 e. The third-order valence-electron chi connectivity index (χ3n) is 6.50. The molecule has 0 radical (unpaired) electrons. The molecule has 0 fully saturated rings. The van der Waals surface area contributed by atoms with Crippen molar-refractivity contribution in [3.63, 3.8) is 0 Å². The van der Waals surface area contributed by atoms with Gasteiger partial charge in [0.25, 0.3) is 0 Å². The van der Waals surface area contributed by atoms with Crippen LogP contribution in [0.25, 0.3) is 21.9 Å². The maximum absolute atomic E-state index is 13.2. The predicted octanol–water partition coefficient (Wildman–Crippen LogP) is 6.18. The fourth-order valence-electron chi connectivity index (χ4n) is 4.76. The van der Waals surface area contributed by atoms with Gasteiger partial charge in [-0.1, -0.05) is 48.5 Å². The second-order valence-corrected chi connectivity index (χ2v) is 8.75. The van der Waals surface area contributed by atoms with Crippen molar-refractivity contribution >= 4 is 10.8 Å². The quantitative estimate of drug-likeness (QED) is 0.368. The Morgan fingerprint density at radius 3 is 2.66 bits per heavy atom. The molecule has 0 saturated heterocycles. The highest BCUT2D eigenvalue weighted by atomic mass is 19.1. The number of benzene rings is 3. The van der Waals surface area contributed by atoms with Crippen LogP contribution in [0.3, 0.4) is 0 Å². The lowest BCUT2D eigenvalue weighted by molar-refractivity contribution is 0.00519. The Balaban J connectivity index is 1.41. The number of likely N-dealkylation sites (N-methyl/N-ethyl adjacent to an activating group) is 1. The van der Waals surface area contributed by atoms with Gasteiger partial charge in [-0.15, -0.1) is 0 Å². The van der Waals surface area contributed by atoms with Crippen molar-refractivity contribution in [2.75, 3.05) is 14.1 Å². The van der Waals surface area contributed by atoms with Crippen molar-refractivity contribution in [3.05, 3.63) is 102 Å². The first-order valence-electron chi connectivity index (χ1n) is 11.1. The highest BCUT2D eigenvalue weighted by Crippen LogP contribution is 2.39. The maximum atomic E-state index is 13.2. The molecule has 0 saturated carbocycles. The lowest BCUT2D eigenvalue weighted by Crippen LogP contribution is -2.34. The van der Waals surface area contributed by atoms with Gasteiger partial charge in [0.1, 0.15) is 5.82 Å². The van der Waals surface area contributed by atoms with Crippen molar-refractivity contribution in [2.45, 2.75) is 31.6 Å². The molecule has 5 rings (SSSR count). The summed E-state index contributed by atoms with van der Waals surface area (Å²) in [6.07, 6.45) is 5.72. The minimum Gasteiger partial charge on any atom is -0.367 e. The number of fused-ring (bicyclic) bond motifs is 2. The summed E-state index contributed by atoms with van der Waals surface area (Å²) < 4.78 is 19.5. The third-order valence-corrected chi connectivity index (χ3v) is 6.50. The van der Waals surface area contributed by atoms with Crippen LogP contribution in [0.1, 0.15) is 29.2 Å². The first-order chi connectivity index (χ1) is 15.6. The standard InChI is InChI=1S/C28H27FN2O/c1-31(2)27(14-9-19-7-11-23(29)12-8-19)28-25-13-10-20(15-22(25)18-32-28)26-17-30-16-21-5-3-4-6-24(21)26/h3-8,10-13,15-17,27-28H,9,14,18H2,1-2H3. The molecular formula is C28H27FN2O. The number of aryl methyl sites for hydroxylation is 1. The van der Waals surface area contributed by atoms with Crippen LogP contribution in [0, 0.1) is 5.82 Å². The smallest absolute Gasteiger partial charge is 0.123 e. The van der Waals surface area contributed by atoms with Gasteiger partial charge in [-0.25, -0.2) is 4.39 Å². The lowest BCUT2D eigenvalue weighted by atomic mass is 9.92. The van der Waals surface area contributed by atoms with E-state index in [1.807, 2.05) is 30.6 Å². The number of hydrogen-bond donors (Lipinski definition) is 0. The van der Waals surface area contributed by atoms with Gasteiger partial charge < -0.3 is 9.64 Å². The molecule has 2 heterocycles. The molecule has 2 unspecified atom stereocenters. The average molecular weight is 427 g/mol. The van der Waals surface area contributed by atoms with E-state index >= 15 is 0 Å². The van der Waals surface area contributed by atoms with Gasteiger partial charge in [-0.3, -0.25) is 4.98 Å². The molecule has 0 amide bonds. The number of nitrogens with zero attached hydrogens (tertiary/aromatic N) is 2. The Hall–Kier alpha value is -3.08. The number of hydrogen-bond acceptors (Lipinski definition) is 3. The molecule has 0 spiro atoms. The van der Waals surface area contributed by atoms with Crippen LogP contribution in [-0.4, -0.2) is 30.0 Å². The van der Waals surface area contributed by atoms with Crippen LogP contribution < -0.4 is 0 Å². The second-order valence-electron chi connectivity index (χ2n) is 8.75. The fraction of sp³-hybridized carbons (Fsp3) is 0.250. The average Bonchev–Trinajstić information content (AvgIpc) is 3.23. The summed E-state index contributed by atoms with van der Waals surface area (Å²) in [5, 5.41) is 2.36. The number of ether oxygens (including phenoxy) is 1. The highest BCUT2D eigenvalue weighted by Gasteiger charge is 2.32. The van der Waals surface area contributed by atoms with E-state index in [1.54, 1.807) is 0 Å². The zero-order valence-electron chi connectivity index (χ0n) is 18.5. The van der Waals surface area contributed by atoms with Crippen molar-refractivity contribution in [2.24, 2.45) is 0 Å². The third kappa shape index (κ3) is 4.04. The molecule has 4 aromatic rings. The van der Waals surface area contributed by atoms with E-state index in [4.69, 9.17) is 4.74 Å². The van der Waals surface area contributed by atoms with Crippen molar-refractivity contribution in [3.8, 4) is 11.1 Å². The van der Waals surface area contributed by atoms with Crippen LogP contribution in [-0.2, 0) is 17.8 Å². The first kappa shape index (κ1) is 20.8. The predicted molar refractivity (Wildman–Crippen MR) is 127 cm³/mol. The van der Waals surface area contributed by atoms with Crippen LogP contribution >= 0.6 is 0 Å². The maximum Gasteiger partial charge on any atom is 0.123 e. The highest BCUT2D eigenvalue weighted by molar-refractivity contribution is 5.95. The summed E-state index contributed by atoms with van der Waals surface area (Å²) in [5.41, 5.74) is 5.98. The van der Waals surface area contributed by atoms with Gasteiger partial charge in [0, 0.05) is 29.4 Å². The molecule has 162 valence electrons. The molecular weight excluding hydrogens is 399 g/mol. The Kier molecular flexibility index (Phi) is 5.73. The Morgan fingerprint density at radius 2 is 1.84 bits per heavy atom. The number of halogens is 1. The minimum atomic E-state index is -0.192. The van der Waals surface area contributed by atoms with Crippen LogP contribution in [0.2, 0.25) is 0 Å². The van der Waals surface area contributed by atoms with E-state index in [9.17, 15) is 4.39 Å².